The van der Waals surface area contributed by atoms with Crippen LogP contribution in [0.4, 0.5) is 5.69 Å². The van der Waals surface area contributed by atoms with E-state index in [1.165, 1.54) is 17.7 Å². The van der Waals surface area contributed by atoms with Gasteiger partial charge in [0.15, 0.2) is 6.61 Å². The Kier molecular flexibility index (Phi) is 6.87. The highest BCUT2D eigenvalue weighted by atomic mass is 16.6. The summed E-state index contributed by atoms with van der Waals surface area (Å²) >= 11 is 0. The van der Waals surface area contributed by atoms with E-state index in [1.807, 2.05) is 12.1 Å². The van der Waals surface area contributed by atoms with E-state index in [0.717, 1.165) is 18.7 Å². The van der Waals surface area contributed by atoms with E-state index in [-0.39, 0.29) is 23.6 Å². The number of carbonyl (C=O) groups is 1. The number of amides is 1. The second-order valence-corrected chi connectivity index (χ2v) is 5.96. The number of nitrogens with one attached hydrogen (secondary N) is 1. The number of hydrogen-bond acceptors (Lipinski definition) is 6. The lowest BCUT2D eigenvalue weighted by molar-refractivity contribution is -0.384. The molecule has 0 aromatic heterocycles. The van der Waals surface area contributed by atoms with Crippen molar-refractivity contribution in [2.75, 3.05) is 6.61 Å². The third-order valence-electron chi connectivity index (χ3n) is 4.05. The number of hydrogen-bond donors (Lipinski definition) is 2. The number of phenolic OH excluding ortho intramolecular Hbond substituents is 1. The molecular weight excluding hydrogens is 350 g/mol. The Bertz CT molecular complexity index is 834. The predicted molar refractivity (Wildman–Crippen MR) is 101 cm³/mol. The fourth-order valence-electron chi connectivity index (χ4n) is 2.24. The molecule has 0 heterocycles. The number of non-ortho nitro benzene ring substituents is 1. The molecule has 2 N–H and O–H groups in total. The Labute approximate surface area is 156 Å². The van der Waals surface area contributed by atoms with Gasteiger partial charge in [0, 0.05) is 17.7 Å². The molecule has 0 aliphatic carbocycles. The Morgan fingerprint density at radius 1 is 1.33 bits per heavy atom. The highest BCUT2D eigenvalue weighted by molar-refractivity contribution is 5.86. The van der Waals surface area contributed by atoms with Crippen LogP contribution in [0.2, 0.25) is 0 Å². The fraction of sp³-hybridized carbons (Fsp3) is 0.263. The van der Waals surface area contributed by atoms with E-state index >= 15 is 0 Å². The molecule has 1 atom stereocenters. The number of ether oxygens (including phenoxy) is 1. The van der Waals surface area contributed by atoms with Gasteiger partial charge in [0.2, 0.25) is 0 Å². The average Bonchev–Trinajstić information content (AvgIpc) is 2.67. The van der Waals surface area contributed by atoms with E-state index < -0.39 is 10.8 Å². The molecule has 0 spiro atoms. The van der Waals surface area contributed by atoms with E-state index in [4.69, 9.17) is 4.74 Å². The van der Waals surface area contributed by atoms with Crippen molar-refractivity contribution in [3.05, 3.63) is 63.7 Å². The van der Waals surface area contributed by atoms with Crippen LogP contribution in [-0.2, 0) is 4.79 Å². The van der Waals surface area contributed by atoms with Gasteiger partial charge in [-0.05, 0) is 36.1 Å². The molecule has 8 nitrogen and oxygen atoms in total. The van der Waals surface area contributed by atoms with Gasteiger partial charge in [-0.2, -0.15) is 5.10 Å². The first-order valence-corrected chi connectivity index (χ1v) is 8.42. The molecule has 27 heavy (non-hydrogen) atoms. The van der Waals surface area contributed by atoms with Crippen molar-refractivity contribution >= 4 is 17.8 Å². The van der Waals surface area contributed by atoms with Gasteiger partial charge in [-0.25, -0.2) is 5.43 Å². The summed E-state index contributed by atoms with van der Waals surface area (Å²) in [6.45, 7) is 4.02. The van der Waals surface area contributed by atoms with Gasteiger partial charge in [0.1, 0.15) is 11.5 Å². The lowest BCUT2D eigenvalue weighted by atomic mass is 9.99. The maximum Gasteiger partial charge on any atom is 0.277 e. The average molecular weight is 371 g/mol. The van der Waals surface area contributed by atoms with E-state index in [0.29, 0.717) is 11.7 Å². The third kappa shape index (κ3) is 5.81. The van der Waals surface area contributed by atoms with E-state index in [1.54, 1.807) is 12.1 Å². The van der Waals surface area contributed by atoms with Gasteiger partial charge in [0.05, 0.1) is 11.1 Å². The van der Waals surface area contributed by atoms with Crippen LogP contribution in [0.1, 0.15) is 37.3 Å². The lowest BCUT2D eigenvalue weighted by Gasteiger charge is -2.10. The first-order valence-electron chi connectivity index (χ1n) is 8.42. The Hall–Kier alpha value is -3.42. The van der Waals surface area contributed by atoms with Crippen LogP contribution in [0.25, 0.3) is 0 Å². The van der Waals surface area contributed by atoms with Crippen molar-refractivity contribution in [1.29, 1.82) is 0 Å². The minimum absolute atomic E-state index is 0.117. The largest absolute Gasteiger partial charge is 0.507 e. The molecule has 0 saturated carbocycles. The first-order chi connectivity index (χ1) is 12.9. The maximum atomic E-state index is 11.8. The summed E-state index contributed by atoms with van der Waals surface area (Å²) in [5.41, 5.74) is 3.37. The van der Waals surface area contributed by atoms with Crippen molar-refractivity contribution in [2.24, 2.45) is 5.10 Å². The molecule has 1 unspecified atom stereocenters. The van der Waals surface area contributed by atoms with E-state index in [2.05, 4.69) is 24.4 Å². The van der Waals surface area contributed by atoms with Crippen LogP contribution >= 0.6 is 0 Å². The van der Waals surface area contributed by atoms with Crippen LogP contribution in [0.15, 0.2) is 47.6 Å². The highest BCUT2D eigenvalue weighted by Crippen LogP contribution is 2.22. The van der Waals surface area contributed by atoms with Gasteiger partial charge in [-0.15, -0.1) is 0 Å². The van der Waals surface area contributed by atoms with Crippen LogP contribution in [-0.4, -0.2) is 28.8 Å². The van der Waals surface area contributed by atoms with Crippen LogP contribution in [0.3, 0.4) is 0 Å². The topological polar surface area (TPSA) is 114 Å². The van der Waals surface area contributed by atoms with Gasteiger partial charge in [-0.1, -0.05) is 26.0 Å². The molecule has 2 aromatic rings. The Morgan fingerprint density at radius 3 is 2.67 bits per heavy atom. The number of hydrazone groups is 1. The summed E-state index contributed by atoms with van der Waals surface area (Å²) in [5.74, 6) is 0.345. The number of rotatable bonds is 8. The zero-order valence-electron chi connectivity index (χ0n) is 15.1. The van der Waals surface area contributed by atoms with Crippen molar-refractivity contribution in [1.82, 2.24) is 5.43 Å². The summed E-state index contributed by atoms with van der Waals surface area (Å²) in [6, 6.07) is 11.0. The van der Waals surface area contributed by atoms with E-state index in [9.17, 15) is 20.0 Å². The number of carbonyl (C=O) groups excluding carboxylic acids is 1. The number of benzene rings is 2. The predicted octanol–water partition coefficient (Wildman–Crippen LogP) is 3.34. The SMILES string of the molecule is CCC(C)c1ccc(OCC(=O)NN=Cc2cc([N+](=O)[O-])ccc2O)cc1. The molecule has 142 valence electrons. The first kappa shape index (κ1) is 19.9. The molecule has 2 rings (SSSR count). The fourth-order valence-corrected chi connectivity index (χ4v) is 2.24. The number of phenols is 1. The van der Waals surface area contributed by atoms with Gasteiger partial charge >= 0.3 is 0 Å². The minimum atomic E-state index is -0.588. The van der Waals surface area contributed by atoms with Crippen molar-refractivity contribution in [3.63, 3.8) is 0 Å². The molecule has 8 heteroatoms. The quantitative estimate of drug-likeness (QED) is 0.420. The summed E-state index contributed by atoms with van der Waals surface area (Å²) in [4.78, 5) is 21.9. The van der Waals surface area contributed by atoms with Crippen LogP contribution in [0, 0.1) is 10.1 Å². The number of aromatic hydroxyl groups is 1. The lowest BCUT2D eigenvalue weighted by Crippen LogP contribution is -2.24. The second-order valence-electron chi connectivity index (χ2n) is 5.96. The normalized spacial score (nSPS) is 11.9. The standard InChI is InChI=1S/C19H21N3O5/c1-3-13(2)14-4-7-17(8-5-14)27-12-19(24)21-20-11-15-10-16(22(25)26)6-9-18(15)23/h4-11,13,23H,3,12H2,1-2H3,(H,21,24). The Balaban J connectivity index is 1.87. The monoisotopic (exact) mass is 371 g/mol. The van der Waals surface area contributed by atoms with Crippen molar-refractivity contribution < 1.29 is 19.6 Å². The molecule has 2 aromatic carbocycles. The summed E-state index contributed by atoms with van der Waals surface area (Å²) < 4.78 is 5.39. The molecule has 0 aliphatic heterocycles. The molecule has 1 amide bonds. The molecule has 0 radical (unpaired) electrons. The summed E-state index contributed by atoms with van der Waals surface area (Å²) in [6.07, 6.45) is 2.17. The third-order valence-corrected chi connectivity index (χ3v) is 4.05. The smallest absolute Gasteiger partial charge is 0.277 e. The molecule has 0 saturated heterocycles. The Morgan fingerprint density at radius 2 is 2.04 bits per heavy atom. The zero-order valence-corrected chi connectivity index (χ0v) is 15.1. The minimum Gasteiger partial charge on any atom is -0.507 e. The molecule has 0 fully saturated rings. The zero-order chi connectivity index (χ0) is 19.8. The van der Waals surface area contributed by atoms with Gasteiger partial charge in [-0.3, -0.25) is 14.9 Å². The second kappa shape index (κ2) is 9.33. The molecular formula is C19H21N3O5. The number of nitro groups is 1. The maximum absolute atomic E-state index is 11.8. The van der Waals surface area contributed by atoms with Gasteiger partial charge < -0.3 is 9.84 Å². The molecule has 0 aliphatic rings. The van der Waals surface area contributed by atoms with Crippen LogP contribution < -0.4 is 10.2 Å². The van der Waals surface area contributed by atoms with Crippen molar-refractivity contribution in [2.45, 2.75) is 26.2 Å². The number of nitro benzene ring substituents is 1. The summed E-state index contributed by atoms with van der Waals surface area (Å²) in [5, 5.41) is 24.1. The highest BCUT2D eigenvalue weighted by Gasteiger charge is 2.09. The summed E-state index contributed by atoms with van der Waals surface area (Å²) in [7, 11) is 0. The van der Waals surface area contributed by atoms with Gasteiger partial charge in [0.25, 0.3) is 11.6 Å². The van der Waals surface area contributed by atoms with Crippen molar-refractivity contribution in [3.8, 4) is 11.5 Å². The van der Waals surface area contributed by atoms with Crippen LogP contribution in [0.5, 0.6) is 11.5 Å². The molecule has 0 bridgehead atoms. The number of nitrogens with zero attached hydrogens (tertiary/aromatic N) is 2.